The van der Waals surface area contributed by atoms with Crippen molar-refractivity contribution in [1.82, 2.24) is 9.88 Å². The Morgan fingerprint density at radius 1 is 1.35 bits per heavy atom. The second-order valence-corrected chi connectivity index (χ2v) is 6.02. The summed E-state index contributed by atoms with van der Waals surface area (Å²) < 4.78 is 11.3. The Bertz CT molecular complexity index is 687. The summed E-state index contributed by atoms with van der Waals surface area (Å²) in [6.07, 6.45) is 0.0855. The summed E-state index contributed by atoms with van der Waals surface area (Å²) in [6.45, 7) is 6.15. The van der Waals surface area contributed by atoms with Crippen LogP contribution in [0.5, 0.6) is 0 Å². The largest absolute Gasteiger partial charge is 0.376 e. The van der Waals surface area contributed by atoms with E-state index in [9.17, 15) is 4.79 Å². The molecule has 3 rings (SSSR count). The molecule has 1 aliphatic heterocycles. The highest BCUT2D eigenvalue weighted by Crippen LogP contribution is 2.15. The summed E-state index contributed by atoms with van der Waals surface area (Å²) in [5.41, 5.74) is 1.32. The van der Waals surface area contributed by atoms with Crippen molar-refractivity contribution in [2.24, 2.45) is 0 Å². The number of ether oxygens (including phenoxy) is 2. The van der Waals surface area contributed by atoms with E-state index in [0.717, 1.165) is 10.9 Å². The second-order valence-electron chi connectivity index (χ2n) is 6.02. The molecule has 1 aromatic carbocycles. The quantitative estimate of drug-likeness (QED) is 0.870. The second kappa shape index (κ2) is 7.06. The standard InChI is InChI=1S/C18H22N2O3/c1-13(2)23-12-15-11-20(9-10-22-15)18(21)17-8-7-14-5-3-4-6-16(14)19-17/h3-8,13,15H,9-12H2,1-2H3. The molecule has 1 saturated heterocycles. The molecule has 0 N–H and O–H groups in total. The van der Waals surface area contributed by atoms with E-state index in [2.05, 4.69) is 4.98 Å². The fourth-order valence-corrected chi connectivity index (χ4v) is 2.65. The van der Waals surface area contributed by atoms with Crippen LogP contribution in [-0.2, 0) is 9.47 Å². The lowest BCUT2D eigenvalue weighted by Crippen LogP contribution is -2.47. The van der Waals surface area contributed by atoms with E-state index in [-0.39, 0.29) is 18.1 Å². The first-order valence-electron chi connectivity index (χ1n) is 8.02. The van der Waals surface area contributed by atoms with Gasteiger partial charge in [-0.1, -0.05) is 24.3 Å². The molecule has 0 spiro atoms. The molecular weight excluding hydrogens is 292 g/mol. The molecule has 1 aromatic heterocycles. The number of fused-ring (bicyclic) bond motifs is 1. The summed E-state index contributed by atoms with van der Waals surface area (Å²) in [5.74, 6) is -0.0476. The molecule has 0 bridgehead atoms. The topological polar surface area (TPSA) is 51.7 Å². The number of hydrogen-bond donors (Lipinski definition) is 0. The van der Waals surface area contributed by atoms with Gasteiger partial charge in [0.2, 0.25) is 0 Å². The van der Waals surface area contributed by atoms with Gasteiger partial charge in [0.25, 0.3) is 5.91 Å². The number of aromatic nitrogens is 1. The number of benzene rings is 1. The van der Waals surface area contributed by atoms with Crippen molar-refractivity contribution >= 4 is 16.8 Å². The van der Waals surface area contributed by atoms with E-state index in [1.165, 1.54) is 0 Å². The number of morpholine rings is 1. The van der Waals surface area contributed by atoms with E-state index in [0.29, 0.717) is 32.0 Å². The molecule has 0 aliphatic carbocycles. The summed E-state index contributed by atoms with van der Waals surface area (Å²) in [6, 6.07) is 11.5. The van der Waals surface area contributed by atoms with E-state index in [1.807, 2.05) is 44.2 Å². The third-order valence-electron chi connectivity index (χ3n) is 3.86. The minimum absolute atomic E-state index is 0.0476. The zero-order valence-corrected chi connectivity index (χ0v) is 13.6. The van der Waals surface area contributed by atoms with Crippen molar-refractivity contribution in [2.45, 2.75) is 26.1 Å². The first-order chi connectivity index (χ1) is 11.1. The first-order valence-corrected chi connectivity index (χ1v) is 8.02. The van der Waals surface area contributed by atoms with E-state index in [1.54, 1.807) is 11.0 Å². The lowest BCUT2D eigenvalue weighted by atomic mass is 10.2. The van der Waals surface area contributed by atoms with Gasteiger partial charge in [0.15, 0.2) is 0 Å². The van der Waals surface area contributed by atoms with Crippen molar-refractivity contribution in [3.8, 4) is 0 Å². The smallest absolute Gasteiger partial charge is 0.272 e. The van der Waals surface area contributed by atoms with Crippen LogP contribution < -0.4 is 0 Å². The third-order valence-corrected chi connectivity index (χ3v) is 3.86. The van der Waals surface area contributed by atoms with Gasteiger partial charge in [0.05, 0.1) is 30.9 Å². The minimum Gasteiger partial charge on any atom is -0.376 e. The molecule has 1 unspecified atom stereocenters. The predicted molar refractivity (Wildman–Crippen MR) is 88.5 cm³/mol. The fraction of sp³-hybridized carbons (Fsp3) is 0.444. The molecule has 23 heavy (non-hydrogen) atoms. The van der Waals surface area contributed by atoms with E-state index < -0.39 is 0 Å². The fourth-order valence-electron chi connectivity index (χ4n) is 2.65. The molecule has 1 aliphatic rings. The third kappa shape index (κ3) is 3.86. The van der Waals surface area contributed by atoms with Gasteiger partial charge in [-0.05, 0) is 26.0 Å². The maximum absolute atomic E-state index is 12.7. The van der Waals surface area contributed by atoms with Crippen LogP contribution in [-0.4, -0.2) is 54.3 Å². The van der Waals surface area contributed by atoms with Gasteiger partial charge in [-0.3, -0.25) is 4.79 Å². The van der Waals surface area contributed by atoms with Crippen LogP contribution in [0.4, 0.5) is 0 Å². The Morgan fingerprint density at radius 3 is 3.00 bits per heavy atom. The Kier molecular flexibility index (Phi) is 4.88. The monoisotopic (exact) mass is 314 g/mol. The van der Waals surface area contributed by atoms with Crippen molar-refractivity contribution in [3.63, 3.8) is 0 Å². The van der Waals surface area contributed by atoms with Crippen LogP contribution in [0.15, 0.2) is 36.4 Å². The van der Waals surface area contributed by atoms with Gasteiger partial charge in [-0.2, -0.15) is 0 Å². The number of carbonyl (C=O) groups excluding carboxylic acids is 1. The zero-order valence-electron chi connectivity index (χ0n) is 13.6. The Morgan fingerprint density at radius 2 is 2.17 bits per heavy atom. The summed E-state index contributed by atoms with van der Waals surface area (Å²) in [5, 5.41) is 1.04. The molecule has 0 saturated carbocycles. The Labute approximate surface area is 136 Å². The number of carbonyl (C=O) groups is 1. The molecule has 1 amide bonds. The highest BCUT2D eigenvalue weighted by atomic mass is 16.5. The van der Waals surface area contributed by atoms with E-state index in [4.69, 9.17) is 9.47 Å². The maximum Gasteiger partial charge on any atom is 0.272 e. The van der Waals surface area contributed by atoms with Gasteiger partial charge >= 0.3 is 0 Å². The molecule has 0 radical (unpaired) electrons. The van der Waals surface area contributed by atoms with Gasteiger partial charge in [-0.15, -0.1) is 0 Å². The molecule has 5 nitrogen and oxygen atoms in total. The lowest BCUT2D eigenvalue weighted by molar-refractivity contribution is -0.0726. The molecule has 2 aromatic rings. The number of rotatable bonds is 4. The van der Waals surface area contributed by atoms with Gasteiger partial charge in [0, 0.05) is 18.5 Å². The normalized spacial score (nSPS) is 18.6. The number of pyridine rings is 1. The number of amides is 1. The van der Waals surface area contributed by atoms with Crippen molar-refractivity contribution < 1.29 is 14.3 Å². The van der Waals surface area contributed by atoms with Crippen LogP contribution >= 0.6 is 0 Å². The molecule has 1 atom stereocenters. The molecule has 2 heterocycles. The van der Waals surface area contributed by atoms with Gasteiger partial charge < -0.3 is 14.4 Å². The minimum atomic E-state index is -0.0736. The predicted octanol–water partition coefficient (Wildman–Crippen LogP) is 2.50. The van der Waals surface area contributed by atoms with Crippen molar-refractivity contribution in [1.29, 1.82) is 0 Å². The van der Waals surface area contributed by atoms with Gasteiger partial charge in [-0.25, -0.2) is 4.98 Å². The average Bonchev–Trinajstić information content (AvgIpc) is 2.59. The number of para-hydroxylation sites is 1. The SMILES string of the molecule is CC(C)OCC1CN(C(=O)c2ccc3ccccc3n2)CCO1. The molecule has 122 valence electrons. The van der Waals surface area contributed by atoms with Crippen LogP contribution in [0.25, 0.3) is 10.9 Å². The van der Waals surface area contributed by atoms with Crippen molar-refractivity contribution in [3.05, 3.63) is 42.1 Å². The number of nitrogens with zero attached hydrogens (tertiary/aromatic N) is 2. The molecular formula is C18H22N2O3. The van der Waals surface area contributed by atoms with Crippen LogP contribution in [0, 0.1) is 0 Å². The summed E-state index contributed by atoms with van der Waals surface area (Å²) in [4.78, 5) is 19.0. The maximum atomic E-state index is 12.7. The van der Waals surface area contributed by atoms with Crippen LogP contribution in [0.2, 0.25) is 0 Å². The van der Waals surface area contributed by atoms with Gasteiger partial charge in [0.1, 0.15) is 5.69 Å². The van der Waals surface area contributed by atoms with E-state index >= 15 is 0 Å². The van der Waals surface area contributed by atoms with Crippen LogP contribution in [0.1, 0.15) is 24.3 Å². The highest BCUT2D eigenvalue weighted by molar-refractivity contribution is 5.95. The summed E-state index contributed by atoms with van der Waals surface area (Å²) in [7, 11) is 0. The number of hydrogen-bond acceptors (Lipinski definition) is 4. The molecule has 1 fully saturated rings. The zero-order chi connectivity index (χ0) is 16.2. The highest BCUT2D eigenvalue weighted by Gasteiger charge is 2.26. The van der Waals surface area contributed by atoms with Crippen LogP contribution in [0.3, 0.4) is 0 Å². The summed E-state index contributed by atoms with van der Waals surface area (Å²) >= 11 is 0. The van der Waals surface area contributed by atoms with Crippen molar-refractivity contribution in [2.75, 3.05) is 26.3 Å². The lowest BCUT2D eigenvalue weighted by Gasteiger charge is -2.33. The Hall–Kier alpha value is -1.98. The first kappa shape index (κ1) is 15.9. The molecule has 5 heteroatoms. The average molecular weight is 314 g/mol. The Balaban J connectivity index is 1.70.